The predicted octanol–water partition coefficient (Wildman–Crippen LogP) is 3.53. The Kier molecular flexibility index (Phi) is 5.76. The highest BCUT2D eigenvalue weighted by Gasteiger charge is 2.19. The molecule has 0 saturated carbocycles. The standard InChI is InChI=1S/C20H28N4O/c1-15(2)25-20-18(21)8-9-19(23-20)22-17-10-12-24(13-11-17)14-16-6-4-3-5-7-16/h3-9,15,17H,10-14,21H2,1-2H3,(H,22,23). The van der Waals surface area contributed by atoms with Crippen LogP contribution in [0.3, 0.4) is 0 Å². The Morgan fingerprint density at radius 1 is 1.16 bits per heavy atom. The lowest BCUT2D eigenvalue weighted by molar-refractivity contribution is 0.211. The fourth-order valence-corrected chi connectivity index (χ4v) is 3.14. The van der Waals surface area contributed by atoms with Gasteiger partial charge in [0.05, 0.1) is 11.8 Å². The van der Waals surface area contributed by atoms with Gasteiger partial charge in [0.25, 0.3) is 0 Å². The second-order valence-corrected chi connectivity index (χ2v) is 6.94. The van der Waals surface area contributed by atoms with Crippen LogP contribution in [0.15, 0.2) is 42.5 Å². The summed E-state index contributed by atoms with van der Waals surface area (Å²) in [5.41, 5.74) is 7.90. The Morgan fingerprint density at radius 3 is 2.56 bits per heavy atom. The van der Waals surface area contributed by atoms with E-state index in [1.54, 1.807) is 0 Å². The number of likely N-dealkylation sites (tertiary alicyclic amines) is 1. The number of rotatable bonds is 6. The highest BCUT2D eigenvalue weighted by molar-refractivity contribution is 5.54. The number of hydrogen-bond acceptors (Lipinski definition) is 5. The van der Waals surface area contributed by atoms with Crippen LogP contribution in [0.2, 0.25) is 0 Å². The van der Waals surface area contributed by atoms with Gasteiger partial charge in [-0.1, -0.05) is 30.3 Å². The average Bonchev–Trinajstić information content (AvgIpc) is 2.60. The molecule has 0 bridgehead atoms. The zero-order chi connectivity index (χ0) is 17.6. The molecular weight excluding hydrogens is 312 g/mol. The van der Waals surface area contributed by atoms with E-state index in [1.165, 1.54) is 5.56 Å². The fourth-order valence-electron chi connectivity index (χ4n) is 3.14. The average molecular weight is 340 g/mol. The molecular formula is C20H28N4O. The summed E-state index contributed by atoms with van der Waals surface area (Å²) in [5, 5.41) is 3.53. The molecule has 3 N–H and O–H groups in total. The zero-order valence-corrected chi connectivity index (χ0v) is 15.1. The Hall–Kier alpha value is -2.27. The first-order chi connectivity index (χ1) is 12.1. The normalized spacial score (nSPS) is 16.1. The lowest BCUT2D eigenvalue weighted by Gasteiger charge is -2.32. The number of anilines is 2. The van der Waals surface area contributed by atoms with E-state index in [1.807, 2.05) is 26.0 Å². The maximum atomic E-state index is 5.94. The monoisotopic (exact) mass is 340 g/mol. The molecule has 1 aromatic carbocycles. The van der Waals surface area contributed by atoms with E-state index in [4.69, 9.17) is 10.5 Å². The molecule has 5 heteroatoms. The van der Waals surface area contributed by atoms with Gasteiger partial charge in [0.15, 0.2) is 0 Å². The molecule has 134 valence electrons. The first kappa shape index (κ1) is 17.5. The number of nitrogens with one attached hydrogen (secondary N) is 1. The van der Waals surface area contributed by atoms with Crippen LogP contribution in [0.1, 0.15) is 32.3 Å². The first-order valence-corrected chi connectivity index (χ1v) is 9.06. The van der Waals surface area contributed by atoms with E-state index in [2.05, 4.69) is 45.5 Å². The summed E-state index contributed by atoms with van der Waals surface area (Å²) in [6.07, 6.45) is 2.28. The molecule has 2 heterocycles. The Balaban J connectivity index is 1.52. The summed E-state index contributed by atoms with van der Waals surface area (Å²) in [6, 6.07) is 14.9. The van der Waals surface area contributed by atoms with Gasteiger partial charge in [-0.25, -0.2) is 0 Å². The Bertz CT molecular complexity index is 667. The van der Waals surface area contributed by atoms with Crippen LogP contribution in [0.5, 0.6) is 5.88 Å². The minimum atomic E-state index is 0.0614. The van der Waals surface area contributed by atoms with Crippen LogP contribution in [0.4, 0.5) is 11.5 Å². The van der Waals surface area contributed by atoms with Crippen molar-refractivity contribution in [2.24, 2.45) is 0 Å². The summed E-state index contributed by atoms with van der Waals surface area (Å²) < 4.78 is 5.67. The van der Waals surface area contributed by atoms with Crippen molar-refractivity contribution in [1.29, 1.82) is 0 Å². The molecule has 1 aliphatic rings. The summed E-state index contributed by atoms with van der Waals surface area (Å²) in [5.74, 6) is 1.35. The number of benzene rings is 1. The third kappa shape index (κ3) is 5.10. The molecule has 5 nitrogen and oxygen atoms in total. The summed E-state index contributed by atoms with van der Waals surface area (Å²) in [4.78, 5) is 7.03. The molecule has 3 rings (SSSR count). The van der Waals surface area contributed by atoms with Crippen LogP contribution in [0.25, 0.3) is 0 Å². The molecule has 1 aromatic heterocycles. The molecule has 0 atom stereocenters. The topological polar surface area (TPSA) is 63.4 Å². The number of pyridine rings is 1. The molecule has 0 amide bonds. The van der Waals surface area contributed by atoms with Crippen molar-refractivity contribution in [3.05, 3.63) is 48.0 Å². The smallest absolute Gasteiger partial charge is 0.239 e. The maximum Gasteiger partial charge on any atom is 0.239 e. The van der Waals surface area contributed by atoms with Crippen molar-refractivity contribution in [3.63, 3.8) is 0 Å². The molecule has 1 saturated heterocycles. The Morgan fingerprint density at radius 2 is 1.88 bits per heavy atom. The maximum absolute atomic E-state index is 5.94. The molecule has 1 fully saturated rings. The summed E-state index contributed by atoms with van der Waals surface area (Å²) in [6.45, 7) is 7.17. The number of ether oxygens (including phenoxy) is 1. The molecule has 0 radical (unpaired) electrons. The van der Waals surface area contributed by atoms with Gasteiger partial charge in [0, 0.05) is 25.7 Å². The molecule has 25 heavy (non-hydrogen) atoms. The van der Waals surface area contributed by atoms with E-state index in [-0.39, 0.29) is 6.10 Å². The van der Waals surface area contributed by atoms with Crippen LogP contribution in [0, 0.1) is 0 Å². The largest absolute Gasteiger partial charge is 0.473 e. The Labute approximate surface area is 150 Å². The first-order valence-electron chi connectivity index (χ1n) is 9.06. The van der Waals surface area contributed by atoms with Crippen molar-refractivity contribution in [2.75, 3.05) is 24.1 Å². The summed E-state index contributed by atoms with van der Waals surface area (Å²) >= 11 is 0. The molecule has 0 aliphatic carbocycles. The lowest BCUT2D eigenvalue weighted by Crippen LogP contribution is -2.38. The van der Waals surface area contributed by atoms with Crippen molar-refractivity contribution >= 4 is 11.5 Å². The van der Waals surface area contributed by atoms with Gasteiger partial charge < -0.3 is 15.8 Å². The van der Waals surface area contributed by atoms with Crippen molar-refractivity contribution in [3.8, 4) is 5.88 Å². The van der Waals surface area contributed by atoms with E-state index in [9.17, 15) is 0 Å². The van der Waals surface area contributed by atoms with Crippen molar-refractivity contribution in [2.45, 2.75) is 45.4 Å². The second kappa shape index (κ2) is 8.21. The van der Waals surface area contributed by atoms with Gasteiger partial charge in [0.1, 0.15) is 5.82 Å². The lowest BCUT2D eigenvalue weighted by atomic mass is 10.0. The fraction of sp³-hybridized carbons (Fsp3) is 0.450. The highest BCUT2D eigenvalue weighted by atomic mass is 16.5. The second-order valence-electron chi connectivity index (χ2n) is 6.94. The van der Waals surface area contributed by atoms with Crippen LogP contribution >= 0.6 is 0 Å². The van der Waals surface area contributed by atoms with Gasteiger partial charge in [-0.15, -0.1) is 0 Å². The highest BCUT2D eigenvalue weighted by Crippen LogP contribution is 2.24. The number of aromatic nitrogens is 1. The minimum Gasteiger partial charge on any atom is -0.473 e. The van der Waals surface area contributed by atoms with Gasteiger partial charge in [-0.3, -0.25) is 4.90 Å². The molecule has 2 aromatic rings. The van der Waals surface area contributed by atoms with Gasteiger partial charge in [-0.05, 0) is 44.4 Å². The van der Waals surface area contributed by atoms with Gasteiger partial charge in [-0.2, -0.15) is 4.98 Å². The van der Waals surface area contributed by atoms with Gasteiger partial charge in [0.2, 0.25) is 5.88 Å². The number of nitrogens with two attached hydrogens (primary N) is 1. The van der Waals surface area contributed by atoms with E-state index in [0.29, 0.717) is 17.6 Å². The number of nitrogens with zero attached hydrogens (tertiary/aromatic N) is 2. The number of hydrogen-bond donors (Lipinski definition) is 2. The third-order valence-electron chi connectivity index (χ3n) is 4.43. The van der Waals surface area contributed by atoms with E-state index >= 15 is 0 Å². The van der Waals surface area contributed by atoms with Crippen molar-refractivity contribution in [1.82, 2.24) is 9.88 Å². The SMILES string of the molecule is CC(C)Oc1nc(NC2CCN(Cc3ccccc3)CC2)ccc1N. The van der Waals surface area contributed by atoms with Gasteiger partial charge >= 0.3 is 0 Å². The quantitative estimate of drug-likeness (QED) is 0.842. The third-order valence-corrected chi connectivity index (χ3v) is 4.43. The van der Waals surface area contributed by atoms with Crippen LogP contribution in [-0.2, 0) is 6.54 Å². The van der Waals surface area contributed by atoms with E-state index in [0.717, 1.165) is 38.3 Å². The van der Waals surface area contributed by atoms with Crippen molar-refractivity contribution < 1.29 is 4.74 Å². The molecule has 0 unspecified atom stereocenters. The zero-order valence-electron chi connectivity index (χ0n) is 15.1. The molecule has 0 spiro atoms. The predicted molar refractivity (Wildman–Crippen MR) is 103 cm³/mol. The summed E-state index contributed by atoms with van der Waals surface area (Å²) in [7, 11) is 0. The van der Waals surface area contributed by atoms with Crippen LogP contribution < -0.4 is 15.8 Å². The number of nitrogen functional groups attached to an aromatic ring is 1. The number of piperidine rings is 1. The van der Waals surface area contributed by atoms with Crippen LogP contribution in [-0.4, -0.2) is 35.1 Å². The van der Waals surface area contributed by atoms with E-state index < -0.39 is 0 Å². The minimum absolute atomic E-state index is 0.0614. The molecule has 1 aliphatic heterocycles.